The molecule has 2 heterocycles. The highest BCUT2D eigenvalue weighted by Gasteiger charge is 2.18. The minimum Gasteiger partial charge on any atom is -0.491 e. The van der Waals surface area contributed by atoms with Crippen LogP contribution in [-0.4, -0.2) is 36.9 Å². The molecule has 26 heavy (non-hydrogen) atoms. The number of hydrogen-bond donors (Lipinski definition) is 2. The molecule has 9 heteroatoms. The summed E-state index contributed by atoms with van der Waals surface area (Å²) in [7, 11) is 1.52. The number of H-pyrrole nitrogens is 1. The number of imidazole rings is 1. The summed E-state index contributed by atoms with van der Waals surface area (Å²) in [4.78, 5) is 30.2. The van der Waals surface area contributed by atoms with Gasteiger partial charge >= 0.3 is 5.69 Å². The maximum Gasteiger partial charge on any atom is 0.329 e. The van der Waals surface area contributed by atoms with Gasteiger partial charge in [0.2, 0.25) is 0 Å². The number of ether oxygens (including phenoxy) is 1. The summed E-state index contributed by atoms with van der Waals surface area (Å²) >= 11 is 3.27. The number of aromatic nitrogens is 4. The Morgan fingerprint density at radius 2 is 2.00 bits per heavy atom. The molecule has 1 aromatic carbocycles. The zero-order valence-electron chi connectivity index (χ0n) is 14.4. The van der Waals surface area contributed by atoms with E-state index in [-0.39, 0.29) is 24.3 Å². The number of nitrogens with zero attached hydrogens (tertiary/aromatic N) is 3. The quantitative estimate of drug-likeness (QED) is 0.580. The van der Waals surface area contributed by atoms with Gasteiger partial charge in [0.25, 0.3) is 5.56 Å². The Labute approximate surface area is 157 Å². The zero-order chi connectivity index (χ0) is 18.8. The minimum atomic E-state index is -0.869. The molecule has 0 saturated carbocycles. The number of aryl methyl sites for hydroxylation is 2. The fourth-order valence-electron chi connectivity index (χ4n) is 2.65. The van der Waals surface area contributed by atoms with Crippen molar-refractivity contribution < 1.29 is 9.84 Å². The first-order valence-corrected chi connectivity index (χ1v) is 8.94. The van der Waals surface area contributed by atoms with Gasteiger partial charge in [0.05, 0.1) is 6.54 Å². The molecule has 3 rings (SSSR count). The average Bonchev–Trinajstić information content (AvgIpc) is 2.95. The van der Waals surface area contributed by atoms with Gasteiger partial charge in [0, 0.05) is 7.05 Å². The molecule has 0 fully saturated rings. The van der Waals surface area contributed by atoms with Gasteiger partial charge in [-0.15, -0.1) is 0 Å². The van der Waals surface area contributed by atoms with Crippen LogP contribution in [0.15, 0.2) is 38.6 Å². The van der Waals surface area contributed by atoms with E-state index >= 15 is 0 Å². The fourth-order valence-corrected chi connectivity index (χ4v) is 3.14. The Kier molecular flexibility index (Phi) is 5.28. The molecule has 0 aliphatic heterocycles. The lowest BCUT2D eigenvalue weighted by molar-refractivity contribution is 0.0928. The lowest BCUT2D eigenvalue weighted by atomic mass is 10.2. The van der Waals surface area contributed by atoms with Crippen LogP contribution in [0.3, 0.4) is 0 Å². The number of aliphatic hydroxyl groups excluding tert-OH is 1. The summed E-state index contributed by atoms with van der Waals surface area (Å²) in [6.07, 6.45) is 0.0768. The fraction of sp³-hybridized carbons (Fsp3) is 0.353. The summed E-state index contributed by atoms with van der Waals surface area (Å²) in [5, 5.41) is 10.3. The Hall–Kier alpha value is -2.39. The first-order chi connectivity index (χ1) is 12.4. The van der Waals surface area contributed by atoms with Crippen LogP contribution >= 0.6 is 15.9 Å². The van der Waals surface area contributed by atoms with Crippen molar-refractivity contribution in [2.24, 2.45) is 7.05 Å². The third kappa shape index (κ3) is 3.58. The van der Waals surface area contributed by atoms with E-state index < -0.39 is 17.4 Å². The first-order valence-electron chi connectivity index (χ1n) is 8.15. The highest BCUT2D eigenvalue weighted by molar-refractivity contribution is 9.10. The number of aromatic amines is 1. The number of fused-ring (bicyclic) bond motifs is 1. The van der Waals surface area contributed by atoms with Gasteiger partial charge in [-0.3, -0.25) is 14.3 Å². The van der Waals surface area contributed by atoms with E-state index in [0.29, 0.717) is 10.5 Å². The monoisotopic (exact) mass is 422 g/mol. The Balaban J connectivity index is 1.78. The summed E-state index contributed by atoms with van der Waals surface area (Å²) in [6, 6.07) is 7.66. The number of rotatable bonds is 6. The SMILES string of the molecule is CCc1ccc(OC[C@H](O)Cn2c(Br)nc3c2c(=O)[nH]c(=O)n3C)cc1. The van der Waals surface area contributed by atoms with Crippen molar-refractivity contribution >= 4 is 27.1 Å². The molecule has 1 atom stereocenters. The number of hydrogen-bond acceptors (Lipinski definition) is 5. The topological polar surface area (TPSA) is 102 Å². The predicted molar refractivity (Wildman–Crippen MR) is 101 cm³/mol. The number of aliphatic hydroxyl groups is 1. The van der Waals surface area contributed by atoms with Gasteiger partial charge in [-0.05, 0) is 40.0 Å². The molecule has 3 aromatic rings. The summed E-state index contributed by atoms with van der Waals surface area (Å²) in [5.74, 6) is 0.663. The summed E-state index contributed by atoms with van der Waals surface area (Å²) in [5.41, 5.74) is 0.569. The van der Waals surface area contributed by atoms with Crippen LogP contribution < -0.4 is 16.0 Å². The van der Waals surface area contributed by atoms with Gasteiger partial charge in [0.15, 0.2) is 15.9 Å². The lowest BCUT2D eigenvalue weighted by Gasteiger charge is -2.14. The molecule has 0 bridgehead atoms. The molecular formula is C17H19BrN4O4. The van der Waals surface area contributed by atoms with Crippen LogP contribution in [0.1, 0.15) is 12.5 Å². The van der Waals surface area contributed by atoms with Gasteiger partial charge in [-0.25, -0.2) is 9.78 Å². The van der Waals surface area contributed by atoms with Crippen LogP contribution in [0.25, 0.3) is 11.2 Å². The lowest BCUT2D eigenvalue weighted by Crippen LogP contribution is -2.30. The highest BCUT2D eigenvalue weighted by Crippen LogP contribution is 2.17. The van der Waals surface area contributed by atoms with Crippen molar-refractivity contribution in [3.63, 3.8) is 0 Å². The van der Waals surface area contributed by atoms with Crippen molar-refractivity contribution in [3.05, 3.63) is 55.4 Å². The van der Waals surface area contributed by atoms with E-state index in [2.05, 4.69) is 32.8 Å². The molecule has 2 N–H and O–H groups in total. The van der Waals surface area contributed by atoms with Gasteiger partial charge < -0.3 is 14.4 Å². The van der Waals surface area contributed by atoms with Crippen LogP contribution in [-0.2, 0) is 20.0 Å². The molecule has 2 aromatic heterocycles. The van der Waals surface area contributed by atoms with Crippen molar-refractivity contribution in [1.82, 2.24) is 19.1 Å². The van der Waals surface area contributed by atoms with E-state index in [0.717, 1.165) is 6.42 Å². The van der Waals surface area contributed by atoms with Crippen molar-refractivity contribution in [2.75, 3.05) is 6.61 Å². The van der Waals surface area contributed by atoms with Crippen molar-refractivity contribution in [3.8, 4) is 5.75 Å². The Morgan fingerprint density at radius 1 is 1.31 bits per heavy atom. The molecule has 0 aliphatic rings. The summed E-state index contributed by atoms with van der Waals surface area (Å²) < 4.78 is 8.72. The van der Waals surface area contributed by atoms with E-state index in [9.17, 15) is 14.7 Å². The molecule has 0 amide bonds. The second-order valence-corrected chi connectivity index (χ2v) is 6.65. The van der Waals surface area contributed by atoms with E-state index in [4.69, 9.17) is 4.74 Å². The third-order valence-electron chi connectivity index (χ3n) is 4.13. The van der Waals surface area contributed by atoms with Gasteiger partial charge in [-0.1, -0.05) is 19.1 Å². The zero-order valence-corrected chi connectivity index (χ0v) is 16.0. The van der Waals surface area contributed by atoms with Crippen LogP contribution in [0.4, 0.5) is 0 Å². The Bertz CT molecular complexity index is 1040. The normalized spacial score (nSPS) is 12.5. The standard InChI is InChI=1S/C17H19BrN4O4/c1-3-10-4-6-12(7-5-10)26-9-11(23)8-22-13-14(19-16(22)18)21(2)17(25)20-15(13)24/h4-7,11,23H,3,8-9H2,1-2H3,(H,20,24,25)/t11-/m1/s1. The smallest absolute Gasteiger partial charge is 0.329 e. The number of halogens is 1. The Morgan fingerprint density at radius 3 is 2.65 bits per heavy atom. The van der Waals surface area contributed by atoms with E-state index in [1.165, 1.54) is 21.7 Å². The van der Waals surface area contributed by atoms with Gasteiger partial charge in [-0.2, -0.15) is 0 Å². The second-order valence-electron chi connectivity index (χ2n) is 5.94. The minimum absolute atomic E-state index is 0.0568. The third-order valence-corrected chi connectivity index (χ3v) is 4.73. The maximum absolute atomic E-state index is 12.1. The van der Waals surface area contributed by atoms with E-state index in [1.54, 1.807) is 0 Å². The summed E-state index contributed by atoms with van der Waals surface area (Å²) in [6.45, 7) is 2.22. The first kappa shape index (κ1) is 18.4. The number of nitrogens with one attached hydrogen (secondary N) is 1. The van der Waals surface area contributed by atoms with Gasteiger partial charge in [0.1, 0.15) is 18.5 Å². The van der Waals surface area contributed by atoms with Crippen LogP contribution in [0, 0.1) is 0 Å². The molecule has 0 unspecified atom stereocenters. The predicted octanol–water partition coefficient (Wildman–Crippen LogP) is 1.19. The molecule has 0 aliphatic carbocycles. The average molecular weight is 423 g/mol. The number of benzene rings is 1. The van der Waals surface area contributed by atoms with Crippen molar-refractivity contribution in [2.45, 2.75) is 26.0 Å². The van der Waals surface area contributed by atoms with E-state index in [1.807, 2.05) is 24.3 Å². The van der Waals surface area contributed by atoms with Crippen LogP contribution in [0.5, 0.6) is 5.75 Å². The van der Waals surface area contributed by atoms with Crippen LogP contribution in [0.2, 0.25) is 0 Å². The molecule has 8 nitrogen and oxygen atoms in total. The molecule has 0 radical (unpaired) electrons. The van der Waals surface area contributed by atoms with Crippen molar-refractivity contribution in [1.29, 1.82) is 0 Å². The molecule has 0 spiro atoms. The molecule has 0 saturated heterocycles. The second kappa shape index (κ2) is 7.46. The highest BCUT2D eigenvalue weighted by atomic mass is 79.9. The largest absolute Gasteiger partial charge is 0.491 e. The molecular weight excluding hydrogens is 404 g/mol. The maximum atomic E-state index is 12.1. The molecule has 138 valence electrons.